The molecule has 0 aliphatic carbocycles. The Kier molecular flexibility index (Phi) is 3.60. The van der Waals surface area contributed by atoms with Crippen molar-refractivity contribution in [2.45, 2.75) is 25.5 Å². The van der Waals surface area contributed by atoms with Crippen LogP contribution in [0.15, 0.2) is 10.7 Å². The van der Waals surface area contributed by atoms with Crippen molar-refractivity contribution in [3.8, 4) is 0 Å². The lowest BCUT2D eigenvalue weighted by atomic mass is 10.1. The molecule has 1 aromatic heterocycles. The molecule has 2 rings (SSSR count). The van der Waals surface area contributed by atoms with Gasteiger partial charge in [0, 0.05) is 19.9 Å². The minimum Gasteiger partial charge on any atom is -0.376 e. The largest absolute Gasteiger partial charge is 0.376 e. The molecule has 1 aromatic rings. The summed E-state index contributed by atoms with van der Waals surface area (Å²) in [4.78, 5) is 8.46. The molecule has 0 spiro atoms. The van der Waals surface area contributed by atoms with Gasteiger partial charge in [-0.3, -0.25) is 0 Å². The Morgan fingerprint density at radius 3 is 3.00 bits per heavy atom. The van der Waals surface area contributed by atoms with Gasteiger partial charge in [0.2, 0.25) is 5.95 Å². The highest BCUT2D eigenvalue weighted by Crippen LogP contribution is 2.24. The first kappa shape index (κ1) is 11.6. The van der Waals surface area contributed by atoms with E-state index in [9.17, 15) is 0 Å². The molecule has 2 heterocycles. The summed E-state index contributed by atoms with van der Waals surface area (Å²) in [6.07, 6.45) is 2.97. The maximum absolute atomic E-state index is 5.50. The Morgan fingerprint density at radius 1 is 1.56 bits per heavy atom. The molecule has 1 aliphatic heterocycles. The van der Waals surface area contributed by atoms with Crippen molar-refractivity contribution in [2.24, 2.45) is 0 Å². The fraction of sp³-hybridized carbons (Fsp3) is 0.600. The molecule has 0 amide bonds. The van der Waals surface area contributed by atoms with E-state index in [0.29, 0.717) is 12.0 Å². The van der Waals surface area contributed by atoms with E-state index in [1.54, 1.807) is 13.2 Å². The zero-order valence-corrected chi connectivity index (χ0v) is 10.9. The summed E-state index contributed by atoms with van der Waals surface area (Å²) in [7, 11) is 1.80. The number of nitrogens with one attached hydrogen (secondary N) is 2. The minimum absolute atomic E-state index is 0.222. The molecule has 88 valence electrons. The predicted molar refractivity (Wildman–Crippen MR) is 66.7 cm³/mol. The van der Waals surface area contributed by atoms with E-state index in [1.165, 1.54) is 0 Å². The van der Waals surface area contributed by atoms with Crippen LogP contribution in [0.3, 0.4) is 0 Å². The van der Waals surface area contributed by atoms with Crippen molar-refractivity contribution in [1.82, 2.24) is 9.97 Å². The number of halogens is 1. The average molecular weight is 287 g/mol. The monoisotopic (exact) mass is 286 g/mol. The van der Waals surface area contributed by atoms with Gasteiger partial charge in [0.05, 0.1) is 16.6 Å². The van der Waals surface area contributed by atoms with Crippen molar-refractivity contribution >= 4 is 27.7 Å². The maximum atomic E-state index is 5.50. The second-order valence-corrected chi connectivity index (χ2v) is 4.61. The maximum Gasteiger partial charge on any atom is 0.224 e. The zero-order chi connectivity index (χ0) is 11.5. The van der Waals surface area contributed by atoms with Crippen LogP contribution in [0.2, 0.25) is 0 Å². The fourth-order valence-corrected chi connectivity index (χ4v) is 1.99. The van der Waals surface area contributed by atoms with E-state index in [-0.39, 0.29) is 6.10 Å². The average Bonchev–Trinajstić information content (AvgIpc) is 2.68. The SMILES string of the molecule is CNc1ncc(Br)c(NC2CCOC2C)n1. The van der Waals surface area contributed by atoms with Gasteiger partial charge in [0.15, 0.2) is 0 Å². The van der Waals surface area contributed by atoms with Crippen LogP contribution in [0.5, 0.6) is 0 Å². The van der Waals surface area contributed by atoms with Gasteiger partial charge in [-0.05, 0) is 29.3 Å². The van der Waals surface area contributed by atoms with Crippen LogP contribution in [0.1, 0.15) is 13.3 Å². The summed E-state index contributed by atoms with van der Waals surface area (Å²) in [5, 5.41) is 6.29. The summed E-state index contributed by atoms with van der Waals surface area (Å²) < 4.78 is 6.36. The Balaban J connectivity index is 2.13. The second kappa shape index (κ2) is 4.97. The molecule has 0 radical (unpaired) electrons. The smallest absolute Gasteiger partial charge is 0.224 e. The number of rotatable bonds is 3. The number of aromatic nitrogens is 2. The summed E-state index contributed by atoms with van der Waals surface area (Å²) >= 11 is 3.43. The minimum atomic E-state index is 0.222. The summed E-state index contributed by atoms with van der Waals surface area (Å²) in [5.74, 6) is 1.42. The van der Waals surface area contributed by atoms with E-state index in [1.807, 2.05) is 0 Å². The predicted octanol–water partition coefficient (Wildman–Crippen LogP) is 1.87. The molecule has 6 heteroatoms. The number of nitrogens with zero attached hydrogens (tertiary/aromatic N) is 2. The Labute approximate surface area is 103 Å². The summed E-state index contributed by atoms with van der Waals surface area (Å²) in [6.45, 7) is 2.87. The molecular formula is C10H15BrN4O. The molecule has 0 saturated carbocycles. The third kappa shape index (κ3) is 2.44. The van der Waals surface area contributed by atoms with E-state index in [0.717, 1.165) is 23.3 Å². The molecular weight excluding hydrogens is 272 g/mol. The number of ether oxygens (including phenoxy) is 1. The molecule has 0 bridgehead atoms. The van der Waals surface area contributed by atoms with Crippen molar-refractivity contribution in [3.05, 3.63) is 10.7 Å². The van der Waals surface area contributed by atoms with Gasteiger partial charge in [-0.15, -0.1) is 0 Å². The van der Waals surface area contributed by atoms with Crippen LogP contribution in [0, 0.1) is 0 Å². The van der Waals surface area contributed by atoms with Gasteiger partial charge in [-0.25, -0.2) is 4.98 Å². The Morgan fingerprint density at radius 2 is 2.38 bits per heavy atom. The molecule has 1 saturated heterocycles. The van der Waals surface area contributed by atoms with Crippen LogP contribution in [-0.4, -0.2) is 35.8 Å². The van der Waals surface area contributed by atoms with Crippen molar-refractivity contribution < 1.29 is 4.74 Å². The highest BCUT2D eigenvalue weighted by atomic mass is 79.9. The van der Waals surface area contributed by atoms with Crippen molar-refractivity contribution in [2.75, 3.05) is 24.3 Å². The topological polar surface area (TPSA) is 59.1 Å². The van der Waals surface area contributed by atoms with Crippen LogP contribution in [0.4, 0.5) is 11.8 Å². The number of hydrogen-bond donors (Lipinski definition) is 2. The first-order valence-corrected chi connectivity index (χ1v) is 6.08. The van der Waals surface area contributed by atoms with Crippen LogP contribution in [-0.2, 0) is 4.74 Å². The molecule has 0 aromatic carbocycles. The van der Waals surface area contributed by atoms with E-state index < -0.39 is 0 Å². The number of anilines is 2. The van der Waals surface area contributed by atoms with E-state index in [2.05, 4.69) is 43.5 Å². The van der Waals surface area contributed by atoms with E-state index >= 15 is 0 Å². The third-order valence-corrected chi connectivity index (χ3v) is 3.25. The van der Waals surface area contributed by atoms with Crippen molar-refractivity contribution in [1.29, 1.82) is 0 Å². The Bertz CT molecular complexity index is 374. The van der Waals surface area contributed by atoms with Gasteiger partial charge < -0.3 is 15.4 Å². The lowest BCUT2D eigenvalue weighted by Gasteiger charge is -2.17. The second-order valence-electron chi connectivity index (χ2n) is 3.76. The molecule has 2 unspecified atom stereocenters. The normalized spacial score (nSPS) is 24.4. The highest BCUT2D eigenvalue weighted by Gasteiger charge is 2.24. The first-order valence-electron chi connectivity index (χ1n) is 5.29. The Hall–Kier alpha value is -0.880. The number of hydrogen-bond acceptors (Lipinski definition) is 5. The lowest BCUT2D eigenvalue weighted by molar-refractivity contribution is 0.121. The van der Waals surface area contributed by atoms with Crippen molar-refractivity contribution in [3.63, 3.8) is 0 Å². The summed E-state index contributed by atoms with van der Waals surface area (Å²) in [5.41, 5.74) is 0. The molecule has 1 fully saturated rings. The van der Waals surface area contributed by atoms with Gasteiger partial charge in [-0.2, -0.15) is 4.98 Å². The third-order valence-electron chi connectivity index (χ3n) is 2.67. The van der Waals surface area contributed by atoms with E-state index in [4.69, 9.17) is 4.74 Å². The molecule has 5 nitrogen and oxygen atoms in total. The molecule has 2 atom stereocenters. The van der Waals surface area contributed by atoms with Crippen LogP contribution < -0.4 is 10.6 Å². The van der Waals surface area contributed by atoms with Gasteiger partial charge >= 0.3 is 0 Å². The van der Waals surface area contributed by atoms with Crippen LogP contribution in [0.25, 0.3) is 0 Å². The van der Waals surface area contributed by atoms with Gasteiger partial charge in [0.1, 0.15) is 5.82 Å². The fourth-order valence-electron chi connectivity index (χ4n) is 1.69. The molecule has 16 heavy (non-hydrogen) atoms. The molecule has 2 N–H and O–H groups in total. The quantitative estimate of drug-likeness (QED) is 0.888. The zero-order valence-electron chi connectivity index (χ0n) is 9.33. The molecule has 1 aliphatic rings. The van der Waals surface area contributed by atoms with Crippen LogP contribution >= 0.6 is 15.9 Å². The lowest BCUT2D eigenvalue weighted by Crippen LogP contribution is -2.27. The highest BCUT2D eigenvalue weighted by molar-refractivity contribution is 9.10. The van der Waals surface area contributed by atoms with Gasteiger partial charge in [0.25, 0.3) is 0 Å². The summed E-state index contributed by atoms with van der Waals surface area (Å²) in [6, 6.07) is 0.316. The van der Waals surface area contributed by atoms with Gasteiger partial charge in [-0.1, -0.05) is 0 Å². The first-order chi connectivity index (χ1) is 7.70. The standard InChI is InChI=1S/C10H15BrN4O/c1-6-8(3-4-16-6)14-9-7(11)5-13-10(12-2)15-9/h5-6,8H,3-4H2,1-2H3,(H2,12,13,14,15).